The van der Waals surface area contributed by atoms with E-state index in [1.165, 1.54) is 18.2 Å². The maximum absolute atomic E-state index is 12.8. The first-order chi connectivity index (χ1) is 8.13. The van der Waals surface area contributed by atoms with E-state index in [2.05, 4.69) is 15.6 Å². The van der Waals surface area contributed by atoms with Crippen molar-refractivity contribution in [2.75, 3.05) is 13.2 Å². The van der Waals surface area contributed by atoms with Crippen LogP contribution in [0.4, 0.5) is 4.39 Å². The van der Waals surface area contributed by atoms with E-state index in [1.54, 1.807) is 6.92 Å². The van der Waals surface area contributed by atoms with Gasteiger partial charge in [-0.2, -0.15) is 0 Å². The van der Waals surface area contributed by atoms with Crippen molar-refractivity contribution in [3.05, 3.63) is 35.6 Å². The molecule has 0 aliphatic heterocycles. The lowest BCUT2D eigenvalue weighted by molar-refractivity contribution is -0.132. The van der Waals surface area contributed by atoms with E-state index in [-0.39, 0.29) is 12.1 Å². The number of amides is 2. The third-order valence-corrected chi connectivity index (χ3v) is 1.83. The molecule has 0 aliphatic carbocycles. The molecule has 1 aromatic carbocycles. The summed E-state index contributed by atoms with van der Waals surface area (Å²) in [4.78, 5) is 27.2. The first-order valence-electron chi connectivity index (χ1n) is 5.08. The van der Waals surface area contributed by atoms with Gasteiger partial charge in [0.1, 0.15) is 5.82 Å². The largest absolute Gasteiger partial charge is 0.343 e. The van der Waals surface area contributed by atoms with Crippen LogP contribution in [0.2, 0.25) is 0 Å². The van der Waals surface area contributed by atoms with Crippen molar-refractivity contribution >= 4 is 11.8 Å². The zero-order chi connectivity index (χ0) is 12.7. The highest BCUT2D eigenvalue weighted by Crippen LogP contribution is 2.02. The van der Waals surface area contributed by atoms with Crippen LogP contribution < -0.4 is 10.8 Å². The van der Waals surface area contributed by atoms with Crippen molar-refractivity contribution in [3.63, 3.8) is 0 Å². The highest BCUT2D eigenvalue weighted by Gasteiger charge is 2.08. The zero-order valence-corrected chi connectivity index (χ0v) is 9.33. The smallest absolute Gasteiger partial charge is 0.262 e. The molecule has 0 bridgehead atoms. The van der Waals surface area contributed by atoms with E-state index in [0.29, 0.717) is 6.61 Å². The second kappa shape index (κ2) is 6.59. The summed E-state index contributed by atoms with van der Waals surface area (Å²) in [5.41, 5.74) is 2.28. The Bertz CT molecular complexity index is 409. The van der Waals surface area contributed by atoms with Crippen molar-refractivity contribution in [2.45, 2.75) is 6.92 Å². The number of nitrogens with one attached hydrogen (secondary N) is 2. The summed E-state index contributed by atoms with van der Waals surface area (Å²) in [5.74, 6) is -1.50. The predicted molar refractivity (Wildman–Crippen MR) is 58.5 cm³/mol. The molecule has 1 rings (SSSR count). The molecule has 0 radical (unpaired) electrons. The number of rotatable bonds is 5. The molecule has 0 atom stereocenters. The van der Waals surface area contributed by atoms with Crippen molar-refractivity contribution in [1.82, 2.24) is 10.8 Å². The highest BCUT2D eigenvalue weighted by molar-refractivity contribution is 5.96. The van der Waals surface area contributed by atoms with Crippen LogP contribution in [-0.4, -0.2) is 25.0 Å². The summed E-state index contributed by atoms with van der Waals surface area (Å²) in [7, 11) is 0. The maximum Gasteiger partial charge on any atom is 0.262 e. The molecule has 0 aliphatic rings. The molecule has 6 heteroatoms. The Balaban J connectivity index is 2.42. The number of hydroxylamine groups is 1. The fraction of sp³-hybridized carbons (Fsp3) is 0.273. The highest BCUT2D eigenvalue weighted by atomic mass is 19.1. The number of hydrogen-bond donors (Lipinski definition) is 2. The molecule has 0 saturated carbocycles. The monoisotopic (exact) mass is 240 g/mol. The fourth-order valence-corrected chi connectivity index (χ4v) is 1.08. The minimum atomic E-state index is -0.517. The minimum Gasteiger partial charge on any atom is -0.343 e. The lowest BCUT2D eigenvalue weighted by atomic mass is 10.2. The van der Waals surface area contributed by atoms with Gasteiger partial charge in [0.2, 0.25) is 0 Å². The lowest BCUT2D eigenvalue weighted by Crippen LogP contribution is -2.36. The van der Waals surface area contributed by atoms with Crippen LogP contribution in [0.25, 0.3) is 0 Å². The molecule has 0 aromatic heterocycles. The Morgan fingerprint density at radius 2 is 2.18 bits per heavy atom. The fourth-order valence-electron chi connectivity index (χ4n) is 1.08. The third-order valence-electron chi connectivity index (χ3n) is 1.83. The zero-order valence-electron chi connectivity index (χ0n) is 9.33. The normalized spacial score (nSPS) is 9.76. The van der Waals surface area contributed by atoms with Crippen molar-refractivity contribution in [2.24, 2.45) is 0 Å². The number of carbonyl (C=O) groups excluding carboxylic acids is 2. The Morgan fingerprint density at radius 1 is 1.41 bits per heavy atom. The van der Waals surface area contributed by atoms with Crippen LogP contribution in [-0.2, 0) is 9.63 Å². The van der Waals surface area contributed by atoms with E-state index in [9.17, 15) is 14.0 Å². The first kappa shape index (κ1) is 13.1. The number of halogens is 1. The van der Waals surface area contributed by atoms with Gasteiger partial charge < -0.3 is 5.32 Å². The summed E-state index contributed by atoms with van der Waals surface area (Å²) in [6, 6.07) is 5.21. The molecule has 92 valence electrons. The second-order valence-electron chi connectivity index (χ2n) is 3.15. The van der Waals surface area contributed by atoms with E-state index in [0.717, 1.165) is 6.07 Å². The summed E-state index contributed by atoms with van der Waals surface area (Å²) in [5, 5.41) is 2.34. The quantitative estimate of drug-likeness (QED) is 0.741. The predicted octanol–water partition coefficient (Wildman–Crippen LogP) is 0.623. The Morgan fingerprint density at radius 3 is 2.82 bits per heavy atom. The Hall–Kier alpha value is -1.95. The summed E-state index contributed by atoms with van der Waals surface area (Å²) < 4.78 is 12.8. The average molecular weight is 240 g/mol. The van der Waals surface area contributed by atoms with Gasteiger partial charge in [-0.3, -0.25) is 14.4 Å². The molecule has 5 nitrogen and oxygen atoms in total. The Kier molecular flexibility index (Phi) is 5.09. The minimum absolute atomic E-state index is 0.161. The van der Waals surface area contributed by atoms with Crippen LogP contribution in [0.5, 0.6) is 0 Å². The molecular weight excluding hydrogens is 227 g/mol. The number of carbonyl (C=O) groups is 2. The van der Waals surface area contributed by atoms with Crippen molar-refractivity contribution < 1.29 is 18.8 Å². The average Bonchev–Trinajstić information content (AvgIpc) is 2.33. The van der Waals surface area contributed by atoms with Gasteiger partial charge >= 0.3 is 0 Å². The van der Waals surface area contributed by atoms with Gasteiger partial charge in [-0.15, -0.1) is 0 Å². The first-order valence-corrected chi connectivity index (χ1v) is 5.08. The van der Waals surface area contributed by atoms with Crippen LogP contribution >= 0.6 is 0 Å². The van der Waals surface area contributed by atoms with Crippen LogP contribution in [0.1, 0.15) is 17.3 Å². The van der Waals surface area contributed by atoms with Gasteiger partial charge in [0.25, 0.3) is 11.8 Å². The number of hydrogen-bond acceptors (Lipinski definition) is 3. The second-order valence-corrected chi connectivity index (χ2v) is 3.15. The van der Waals surface area contributed by atoms with Gasteiger partial charge in [0, 0.05) is 5.56 Å². The van der Waals surface area contributed by atoms with Gasteiger partial charge in [0.15, 0.2) is 0 Å². The molecule has 2 N–H and O–H groups in total. The Labute approximate surface area is 97.9 Å². The van der Waals surface area contributed by atoms with Gasteiger partial charge in [-0.1, -0.05) is 6.07 Å². The summed E-state index contributed by atoms with van der Waals surface area (Å²) >= 11 is 0. The van der Waals surface area contributed by atoms with Crippen molar-refractivity contribution in [1.29, 1.82) is 0 Å². The molecule has 2 amide bonds. The third kappa shape index (κ3) is 4.60. The van der Waals surface area contributed by atoms with E-state index in [4.69, 9.17) is 0 Å². The summed E-state index contributed by atoms with van der Waals surface area (Å²) in [6.45, 7) is 1.82. The van der Waals surface area contributed by atoms with Gasteiger partial charge in [0.05, 0.1) is 13.2 Å². The molecule has 0 fully saturated rings. The van der Waals surface area contributed by atoms with E-state index in [1.807, 2.05) is 0 Å². The lowest BCUT2D eigenvalue weighted by Gasteiger charge is -2.05. The molecular formula is C11H13FN2O3. The van der Waals surface area contributed by atoms with Gasteiger partial charge in [-0.05, 0) is 25.1 Å². The van der Waals surface area contributed by atoms with Crippen molar-refractivity contribution in [3.8, 4) is 0 Å². The maximum atomic E-state index is 12.8. The molecule has 0 heterocycles. The molecule has 0 unspecified atom stereocenters. The van der Waals surface area contributed by atoms with Gasteiger partial charge in [-0.25, -0.2) is 9.87 Å². The SMILES string of the molecule is CCONC(=O)CNC(=O)c1cccc(F)c1. The summed E-state index contributed by atoms with van der Waals surface area (Å²) in [6.07, 6.45) is 0. The van der Waals surface area contributed by atoms with E-state index < -0.39 is 17.6 Å². The topological polar surface area (TPSA) is 67.4 Å². The molecule has 0 saturated heterocycles. The molecule has 17 heavy (non-hydrogen) atoms. The molecule has 1 aromatic rings. The van der Waals surface area contributed by atoms with Crippen LogP contribution in [0.15, 0.2) is 24.3 Å². The molecule has 0 spiro atoms. The van der Waals surface area contributed by atoms with E-state index >= 15 is 0 Å². The standard InChI is InChI=1S/C11H13FN2O3/c1-2-17-14-10(15)7-13-11(16)8-4-3-5-9(12)6-8/h3-6H,2,7H2,1H3,(H,13,16)(H,14,15). The van der Waals surface area contributed by atoms with Crippen LogP contribution in [0, 0.1) is 5.82 Å². The van der Waals surface area contributed by atoms with Crippen LogP contribution in [0.3, 0.4) is 0 Å². The number of benzene rings is 1.